The minimum Gasteiger partial charge on any atom is -0.349 e. The van der Waals surface area contributed by atoms with Gasteiger partial charge in [-0.3, -0.25) is 4.79 Å². The second kappa shape index (κ2) is 6.11. The molecule has 0 aromatic heterocycles. The number of carbonyl (C=O) groups excluding carboxylic acids is 1. The van der Waals surface area contributed by atoms with Crippen molar-refractivity contribution in [2.45, 2.75) is 25.6 Å². The predicted molar refractivity (Wildman–Crippen MR) is 69.5 cm³/mol. The van der Waals surface area contributed by atoms with E-state index in [4.69, 9.17) is 6.42 Å². The van der Waals surface area contributed by atoms with Crippen molar-refractivity contribution in [2.24, 2.45) is 0 Å². The first-order chi connectivity index (χ1) is 8.75. The third kappa shape index (κ3) is 4.28. The van der Waals surface area contributed by atoms with Crippen LogP contribution >= 0.6 is 15.9 Å². The van der Waals surface area contributed by atoms with Crippen LogP contribution in [0.4, 0.5) is 13.2 Å². The maximum atomic E-state index is 12.7. The molecule has 2 nitrogen and oxygen atoms in total. The van der Waals surface area contributed by atoms with Crippen molar-refractivity contribution in [3.63, 3.8) is 0 Å². The van der Waals surface area contributed by atoms with Crippen molar-refractivity contribution in [3.05, 3.63) is 33.8 Å². The summed E-state index contributed by atoms with van der Waals surface area (Å²) in [6.07, 6.45) is 0.888. The average molecular weight is 334 g/mol. The van der Waals surface area contributed by atoms with Crippen LogP contribution < -0.4 is 5.32 Å². The van der Waals surface area contributed by atoms with Gasteiger partial charge in [-0.1, -0.05) is 15.9 Å². The number of terminal acetylenes is 1. The Morgan fingerprint density at radius 1 is 1.53 bits per heavy atom. The first-order valence-electron chi connectivity index (χ1n) is 5.36. The van der Waals surface area contributed by atoms with Crippen LogP contribution in [-0.2, 0) is 6.18 Å². The molecule has 0 saturated carbocycles. The number of rotatable bonds is 3. The van der Waals surface area contributed by atoms with Crippen molar-refractivity contribution in [2.75, 3.05) is 0 Å². The Morgan fingerprint density at radius 2 is 2.16 bits per heavy atom. The fraction of sp³-hybridized carbons (Fsp3) is 0.308. The number of carbonyl (C=O) groups is 1. The molecule has 19 heavy (non-hydrogen) atoms. The van der Waals surface area contributed by atoms with E-state index in [1.807, 2.05) is 0 Å². The molecule has 1 rings (SSSR count). The predicted octanol–water partition coefficient (Wildman–Crippen LogP) is 3.61. The lowest BCUT2D eigenvalue weighted by atomic mass is 10.1. The monoisotopic (exact) mass is 333 g/mol. The Hall–Kier alpha value is -1.48. The summed E-state index contributed by atoms with van der Waals surface area (Å²) in [5.41, 5.74) is -0.941. The summed E-state index contributed by atoms with van der Waals surface area (Å²) in [7, 11) is 0. The molecular weight excluding hydrogens is 323 g/mol. The van der Waals surface area contributed by atoms with Gasteiger partial charge in [0.15, 0.2) is 0 Å². The number of hydrogen-bond acceptors (Lipinski definition) is 1. The Bertz CT molecular complexity index is 520. The summed E-state index contributed by atoms with van der Waals surface area (Å²) in [6.45, 7) is 1.68. The molecule has 1 aromatic carbocycles. The largest absolute Gasteiger partial charge is 0.417 e. The molecule has 1 unspecified atom stereocenters. The van der Waals surface area contributed by atoms with Gasteiger partial charge < -0.3 is 5.32 Å². The quantitative estimate of drug-likeness (QED) is 0.841. The molecule has 102 valence electrons. The van der Waals surface area contributed by atoms with Crippen LogP contribution in [0.25, 0.3) is 0 Å². The molecule has 1 atom stereocenters. The van der Waals surface area contributed by atoms with Gasteiger partial charge in [-0.25, -0.2) is 0 Å². The number of nitrogens with one attached hydrogen (secondary N) is 1. The summed E-state index contributed by atoms with van der Waals surface area (Å²) < 4.78 is 38.0. The van der Waals surface area contributed by atoms with Crippen LogP contribution in [0, 0.1) is 12.3 Å². The lowest BCUT2D eigenvalue weighted by Gasteiger charge is -2.13. The number of benzene rings is 1. The minimum atomic E-state index is -4.51. The van der Waals surface area contributed by atoms with E-state index < -0.39 is 17.6 Å². The van der Waals surface area contributed by atoms with Gasteiger partial charge in [0.25, 0.3) is 5.91 Å². The van der Waals surface area contributed by atoms with Gasteiger partial charge in [0.1, 0.15) is 0 Å². The van der Waals surface area contributed by atoms with E-state index in [1.54, 1.807) is 6.92 Å². The molecule has 0 fully saturated rings. The van der Waals surface area contributed by atoms with E-state index in [0.29, 0.717) is 6.42 Å². The van der Waals surface area contributed by atoms with Gasteiger partial charge in [-0.15, -0.1) is 12.3 Å². The lowest BCUT2D eigenvalue weighted by Crippen LogP contribution is -2.32. The molecule has 0 radical (unpaired) electrons. The van der Waals surface area contributed by atoms with E-state index in [2.05, 4.69) is 27.2 Å². The van der Waals surface area contributed by atoms with Crippen molar-refractivity contribution in [1.29, 1.82) is 0 Å². The maximum Gasteiger partial charge on any atom is 0.417 e. The van der Waals surface area contributed by atoms with E-state index >= 15 is 0 Å². The van der Waals surface area contributed by atoms with E-state index in [9.17, 15) is 18.0 Å². The summed E-state index contributed by atoms with van der Waals surface area (Å²) in [5, 5.41) is 2.53. The zero-order valence-electron chi connectivity index (χ0n) is 10.0. The smallest absolute Gasteiger partial charge is 0.349 e. The molecule has 0 heterocycles. The van der Waals surface area contributed by atoms with Crippen molar-refractivity contribution in [3.8, 4) is 12.3 Å². The van der Waals surface area contributed by atoms with Crippen molar-refractivity contribution in [1.82, 2.24) is 5.32 Å². The molecule has 0 aliphatic rings. The van der Waals surface area contributed by atoms with Crippen LogP contribution in [0.3, 0.4) is 0 Å². The number of alkyl halides is 3. The molecular formula is C13H11BrF3NO. The van der Waals surface area contributed by atoms with E-state index in [1.165, 1.54) is 12.1 Å². The van der Waals surface area contributed by atoms with Gasteiger partial charge in [-0.05, 0) is 25.1 Å². The third-order valence-electron chi connectivity index (χ3n) is 2.34. The zero-order valence-corrected chi connectivity index (χ0v) is 11.6. The topological polar surface area (TPSA) is 29.1 Å². The number of halogens is 4. The standard InChI is InChI=1S/C13H11BrF3NO/c1-3-4-8(2)18-12(19)9-5-6-11(14)10(7-9)13(15,16)17/h1,5-8H,4H2,2H3,(H,18,19). The minimum absolute atomic E-state index is 0.0561. The molecule has 1 N–H and O–H groups in total. The van der Waals surface area contributed by atoms with Crippen LogP contribution in [0.2, 0.25) is 0 Å². The van der Waals surface area contributed by atoms with Crippen LogP contribution in [0.15, 0.2) is 22.7 Å². The fourth-order valence-corrected chi connectivity index (χ4v) is 1.89. The van der Waals surface area contributed by atoms with E-state index in [-0.39, 0.29) is 16.1 Å². The third-order valence-corrected chi connectivity index (χ3v) is 3.03. The fourth-order valence-electron chi connectivity index (χ4n) is 1.42. The highest BCUT2D eigenvalue weighted by Gasteiger charge is 2.33. The second-order valence-corrected chi connectivity index (χ2v) is 4.83. The molecule has 0 aliphatic carbocycles. The first-order valence-corrected chi connectivity index (χ1v) is 6.16. The highest BCUT2D eigenvalue weighted by molar-refractivity contribution is 9.10. The van der Waals surface area contributed by atoms with Gasteiger partial charge in [0.2, 0.25) is 0 Å². The summed E-state index contributed by atoms with van der Waals surface area (Å²) >= 11 is 2.81. The second-order valence-electron chi connectivity index (χ2n) is 3.98. The number of hydrogen-bond donors (Lipinski definition) is 1. The van der Waals surface area contributed by atoms with Crippen LogP contribution in [0.5, 0.6) is 0 Å². The first kappa shape index (κ1) is 15.6. The molecule has 0 aliphatic heterocycles. The van der Waals surface area contributed by atoms with Crippen LogP contribution in [0.1, 0.15) is 29.3 Å². The maximum absolute atomic E-state index is 12.7. The average Bonchev–Trinajstić information content (AvgIpc) is 2.27. The molecule has 0 saturated heterocycles. The van der Waals surface area contributed by atoms with E-state index in [0.717, 1.165) is 6.07 Å². The lowest BCUT2D eigenvalue weighted by molar-refractivity contribution is -0.138. The summed E-state index contributed by atoms with van der Waals surface area (Å²) in [4.78, 5) is 11.8. The normalized spacial score (nSPS) is 12.6. The Kier molecular flexibility index (Phi) is 5.01. The van der Waals surface area contributed by atoms with Crippen molar-refractivity contribution < 1.29 is 18.0 Å². The van der Waals surface area contributed by atoms with Gasteiger partial charge in [0, 0.05) is 22.5 Å². The van der Waals surface area contributed by atoms with Gasteiger partial charge in [-0.2, -0.15) is 13.2 Å². The van der Waals surface area contributed by atoms with Crippen molar-refractivity contribution >= 4 is 21.8 Å². The van der Waals surface area contributed by atoms with Gasteiger partial charge >= 0.3 is 6.18 Å². The SMILES string of the molecule is C#CCC(C)NC(=O)c1ccc(Br)c(C(F)(F)F)c1. The highest BCUT2D eigenvalue weighted by Crippen LogP contribution is 2.35. The zero-order chi connectivity index (χ0) is 14.6. The summed E-state index contributed by atoms with van der Waals surface area (Å²) in [5.74, 6) is 1.78. The highest BCUT2D eigenvalue weighted by atomic mass is 79.9. The molecule has 6 heteroatoms. The molecule has 0 bridgehead atoms. The Labute approximate surface area is 117 Å². The van der Waals surface area contributed by atoms with Crippen LogP contribution in [-0.4, -0.2) is 11.9 Å². The summed E-state index contributed by atoms with van der Waals surface area (Å²) in [6, 6.07) is 3.03. The molecule has 0 spiro atoms. The molecule has 1 aromatic rings. The Morgan fingerprint density at radius 3 is 2.68 bits per heavy atom. The Balaban J connectivity index is 2.97. The molecule has 1 amide bonds. The number of amides is 1. The van der Waals surface area contributed by atoms with Gasteiger partial charge in [0.05, 0.1) is 5.56 Å².